The molecule has 2 nitrogen and oxygen atoms in total. The summed E-state index contributed by atoms with van der Waals surface area (Å²) in [5.74, 6) is 0.629. The maximum Gasteiger partial charge on any atom is 0.227 e. The van der Waals surface area contributed by atoms with Gasteiger partial charge in [-0.15, -0.1) is 0 Å². The van der Waals surface area contributed by atoms with Crippen molar-refractivity contribution in [2.75, 3.05) is 0 Å². The molecule has 0 fully saturated rings. The number of aromatic nitrogens is 1. The van der Waals surface area contributed by atoms with Gasteiger partial charge in [0.15, 0.2) is 5.58 Å². The van der Waals surface area contributed by atoms with Crippen molar-refractivity contribution in [3.05, 3.63) is 210 Å². The molecule has 0 amide bonds. The highest BCUT2D eigenvalue weighted by Crippen LogP contribution is 2.58. The van der Waals surface area contributed by atoms with E-state index in [1.54, 1.807) is 0 Å². The molecule has 1 atom stereocenters. The van der Waals surface area contributed by atoms with E-state index in [1.807, 2.05) is 24.3 Å². The van der Waals surface area contributed by atoms with E-state index < -0.39 is 5.41 Å². The smallest absolute Gasteiger partial charge is 0.227 e. The number of para-hydroxylation sites is 2. The van der Waals surface area contributed by atoms with Gasteiger partial charge >= 0.3 is 0 Å². The van der Waals surface area contributed by atoms with Crippen LogP contribution in [-0.2, 0) is 5.41 Å². The van der Waals surface area contributed by atoms with Gasteiger partial charge in [0.1, 0.15) is 5.52 Å². The van der Waals surface area contributed by atoms with Crippen LogP contribution in [0.25, 0.3) is 77.1 Å². The molecule has 1 unspecified atom stereocenters. The van der Waals surface area contributed by atoms with Crippen molar-refractivity contribution in [2.24, 2.45) is 0 Å². The Labute approximate surface area is 301 Å². The van der Waals surface area contributed by atoms with Crippen molar-refractivity contribution in [1.82, 2.24) is 4.98 Å². The minimum absolute atomic E-state index is 0.613. The summed E-state index contributed by atoms with van der Waals surface area (Å²) in [6.45, 7) is 0. The van der Waals surface area contributed by atoms with Crippen molar-refractivity contribution < 1.29 is 4.42 Å². The van der Waals surface area contributed by atoms with E-state index in [1.165, 1.54) is 76.8 Å². The van der Waals surface area contributed by atoms with E-state index in [0.29, 0.717) is 5.89 Å². The van der Waals surface area contributed by atoms with Gasteiger partial charge in [-0.3, -0.25) is 0 Å². The summed E-state index contributed by atoms with van der Waals surface area (Å²) >= 11 is 0. The predicted octanol–water partition coefficient (Wildman–Crippen LogP) is 13.0. The molecule has 0 aliphatic heterocycles. The Morgan fingerprint density at radius 2 is 1.10 bits per heavy atom. The lowest BCUT2D eigenvalue weighted by molar-refractivity contribution is 0.619. The molecule has 0 bridgehead atoms. The Morgan fingerprint density at radius 3 is 2.00 bits per heavy atom. The molecule has 1 heterocycles. The third-order valence-corrected chi connectivity index (χ3v) is 11.1. The zero-order chi connectivity index (χ0) is 34.2. The summed E-state index contributed by atoms with van der Waals surface area (Å²) in [6.07, 6.45) is 0. The van der Waals surface area contributed by atoms with E-state index in [-0.39, 0.29) is 0 Å². The molecule has 1 aromatic heterocycles. The molecular weight excluding hydrogens is 631 g/mol. The van der Waals surface area contributed by atoms with Gasteiger partial charge in [0.25, 0.3) is 0 Å². The maximum atomic E-state index is 6.37. The Hall–Kier alpha value is -6.77. The lowest BCUT2D eigenvalue weighted by Crippen LogP contribution is -2.29. The molecule has 2 heteroatoms. The highest BCUT2D eigenvalue weighted by atomic mass is 16.3. The molecule has 0 N–H and O–H groups in total. The quantitative estimate of drug-likeness (QED) is 0.175. The topological polar surface area (TPSA) is 26.0 Å². The van der Waals surface area contributed by atoms with E-state index >= 15 is 0 Å². The van der Waals surface area contributed by atoms with Gasteiger partial charge in [0, 0.05) is 5.56 Å². The normalized spacial score (nSPS) is 15.0. The number of hydrogen-bond acceptors (Lipinski definition) is 2. The molecule has 10 aromatic rings. The van der Waals surface area contributed by atoms with Gasteiger partial charge in [0.2, 0.25) is 5.89 Å². The van der Waals surface area contributed by atoms with Gasteiger partial charge < -0.3 is 4.42 Å². The van der Waals surface area contributed by atoms with Crippen molar-refractivity contribution in [3.8, 4) is 33.7 Å². The number of rotatable bonds is 4. The number of fused-ring (bicyclic) bond motifs is 7. The van der Waals surface area contributed by atoms with E-state index in [9.17, 15) is 0 Å². The number of oxazole rings is 1. The largest absolute Gasteiger partial charge is 0.436 e. The van der Waals surface area contributed by atoms with Crippen LogP contribution in [0.15, 0.2) is 192 Å². The molecule has 0 saturated heterocycles. The molecule has 11 rings (SSSR count). The van der Waals surface area contributed by atoms with Crippen LogP contribution >= 0.6 is 0 Å². The van der Waals surface area contributed by atoms with Gasteiger partial charge in [-0.05, 0) is 113 Å². The average Bonchev–Trinajstić information content (AvgIpc) is 3.78. The Kier molecular flexibility index (Phi) is 6.20. The van der Waals surface area contributed by atoms with Gasteiger partial charge in [0.05, 0.1) is 5.41 Å². The fraction of sp³-hybridized carbons (Fsp3) is 0.0200. The molecule has 0 radical (unpaired) electrons. The van der Waals surface area contributed by atoms with Crippen LogP contribution in [0, 0.1) is 0 Å². The average molecular weight is 662 g/mol. The zero-order valence-electron chi connectivity index (χ0n) is 28.3. The van der Waals surface area contributed by atoms with Gasteiger partial charge in [-0.25, -0.2) is 4.98 Å². The monoisotopic (exact) mass is 661 g/mol. The fourth-order valence-electron chi connectivity index (χ4n) is 8.93. The summed E-state index contributed by atoms with van der Waals surface area (Å²) in [7, 11) is 0. The van der Waals surface area contributed by atoms with Crippen LogP contribution in [0.5, 0.6) is 0 Å². The summed E-state index contributed by atoms with van der Waals surface area (Å²) in [4.78, 5) is 4.94. The van der Waals surface area contributed by atoms with Crippen LogP contribution in [0.1, 0.15) is 22.3 Å². The van der Waals surface area contributed by atoms with Crippen molar-refractivity contribution >= 4 is 43.4 Å². The number of nitrogens with zero attached hydrogens (tertiary/aromatic N) is 1. The van der Waals surface area contributed by atoms with Crippen LogP contribution in [-0.4, -0.2) is 4.98 Å². The van der Waals surface area contributed by atoms with Crippen molar-refractivity contribution in [3.63, 3.8) is 0 Å². The second-order valence-electron chi connectivity index (χ2n) is 13.8. The Bertz CT molecular complexity index is 2990. The van der Waals surface area contributed by atoms with E-state index in [4.69, 9.17) is 9.40 Å². The Balaban J connectivity index is 1.27. The summed E-state index contributed by atoms with van der Waals surface area (Å²) < 4.78 is 6.37. The molecule has 1 aliphatic rings. The predicted molar refractivity (Wildman–Crippen MR) is 215 cm³/mol. The van der Waals surface area contributed by atoms with Crippen LogP contribution in [0.3, 0.4) is 0 Å². The molecule has 52 heavy (non-hydrogen) atoms. The summed E-state index contributed by atoms with van der Waals surface area (Å²) in [5, 5.41) is 7.44. The summed E-state index contributed by atoms with van der Waals surface area (Å²) in [5.41, 5.74) is 11.9. The standard InChI is InChI=1S/C50H31NO/c1-2-16-37(17-3-1)50(43-21-9-8-19-39(43)40-28-27-36(31-45(40)50)49-51-46-23-10-11-24-47(46)52-49)44-22-12-20-41-42(44)30-34-15-6-7-18-38(34)48(41)35-26-25-32-13-4-5-14-33(32)29-35/h1-31H. The minimum Gasteiger partial charge on any atom is -0.436 e. The number of benzene rings is 9. The van der Waals surface area contributed by atoms with Crippen LogP contribution in [0.4, 0.5) is 0 Å². The second-order valence-corrected chi connectivity index (χ2v) is 13.8. The van der Waals surface area contributed by atoms with Crippen LogP contribution < -0.4 is 0 Å². The third-order valence-electron chi connectivity index (χ3n) is 11.1. The highest BCUT2D eigenvalue weighted by molar-refractivity contribution is 6.15. The highest BCUT2D eigenvalue weighted by Gasteiger charge is 2.47. The van der Waals surface area contributed by atoms with E-state index in [2.05, 4.69) is 164 Å². The van der Waals surface area contributed by atoms with Gasteiger partial charge in [-0.2, -0.15) is 0 Å². The molecule has 1 aliphatic carbocycles. The summed E-state index contributed by atoms with van der Waals surface area (Å²) in [6, 6.07) is 68.4. The lowest BCUT2D eigenvalue weighted by Gasteiger charge is -2.35. The van der Waals surface area contributed by atoms with Crippen molar-refractivity contribution in [1.29, 1.82) is 0 Å². The number of hydrogen-bond donors (Lipinski definition) is 0. The molecular formula is C50H31NO. The SMILES string of the molecule is c1ccc(C2(c3cccc4c(-c5ccc6ccccc6c5)c5ccccc5cc34)c3ccccc3-c3ccc(-c4nc5ccccc5o4)cc32)cc1. The first kappa shape index (κ1) is 29.0. The fourth-order valence-corrected chi connectivity index (χ4v) is 8.93. The third kappa shape index (κ3) is 4.09. The van der Waals surface area contributed by atoms with E-state index in [0.717, 1.165) is 16.7 Å². The molecule has 0 saturated carbocycles. The zero-order valence-corrected chi connectivity index (χ0v) is 28.3. The first-order chi connectivity index (χ1) is 25.8. The Morgan fingerprint density at radius 1 is 0.404 bits per heavy atom. The first-order valence-corrected chi connectivity index (χ1v) is 17.9. The molecule has 0 spiro atoms. The van der Waals surface area contributed by atoms with Gasteiger partial charge in [-0.1, -0.05) is 152 Å². The van der Waals surface area contributed by atoms with Crippen molar-refractivity contribution in [2.45, 2.75) is 5.41 Å². The molecule has 242 valence electrons. The maximum absolute atomic E-state index is 6.37. The minimum atomic E-state index is -0.613. The first-order valence-electron chi connectivity index (χ1n) is 17.9. The lowest BCUT2D eigenvalue weighted by atomic mass is 9.66. The van der Waals surface area contributed by atoms with Crippen LogP contribution in [0.2, 0.25) is 0 Å². The second kappa shape index (κ2) is 11.1. The molecule has 9 aromatic carbocycles.